The smallest absolute Gasteiger partial charge is 0.251 e. The Morgan fingerprint density at radius 1 is 1.05 bits per heavy atom. The third-order valence-corrected chi connectivity index (χ3v) is 3.91. The van der Waals surface area contributed by atoms with E-state index in [0.29, 0.717) is 17.7 Å². The summed E-state index contributed by atoms with van der Waals surface area (Å²) in [6, 6.07) is 7.18. The van der Waals surface area contributed by atoms with Crippen LogP contribution in [0.3, 0.4) is 0 Å². The quantitative estimate of drug-likeness (QED) is 0.837. The van der Waals surface area contributed by atoms with Crippen LogP contribution in [-0.4, -0.2) is 24.4 Å². The third kappa shape index (κ3) is 4.59. The molecular formula is C17H24N2O2. The maximum Gasteiger partial charge on any atom is 0.251 e. The molecule has 0 heterocycles. The van der Waals surface area contributed by atoms with Gasteiger partial charge in [0.1, 0.15) is 0 Å². The minimum atomic E-state index is -0.137. The van der Waals surface area contributed by atoms with Crippen molar-refractivity contribution < 1.29 is 9.59 Å². The van der Waals surface area contributed by atoms with Crippen molar-refractivity contribution in [3.8, 4) is 0 Å². The van der Waals surface area contributed by atoms with Gasteiger partial charge < -0.3 is 10.6 Å². The molecule has 2 amide bonds. The summed E-state index contributed by atoms with van der Waals surface area (Å²) in [5.41, 5.74) is 1.09. The molecule has 1 aliphatic carbocycles. The zero-order valence-electron chi connectivity index (χ0n) is 12.7. The van der Waals surface area contributed by atoms with Crippen molar-refractivity contribution in [2.45, 2.75) is 51.5 Å². The zero-order valence-corrected chi connectivity index (χ0v) is 12.7. The second-order valence-electron chi connectivity index (χ2n) is 5.60. The van der Waals surface area contributed by atoms with Gasteiger partial charge in [0.25, 0.3) is 11.8 Å². The van der Waals surface area contributed by atoms with E-state index < -0.39 is 0 Å². The molecule has 0 radical (unpaired) electrons. The van der Waals surface area contributed by atoms with E-state index in [1.165, 1.54) is 25.7 Å². The van der Waals surface area contributed by atoms with Gasteiger partial charge in [-0.05, 0) is 38.0 Å². The van der Waals surface area contributed by atoms with Gasteiger partial charge in [-0.15, -0.1) is 0 Å². The molecule has 2 rings (SSSR count). The van der Waals surface area contributed by atoms with Gasteiger partial charge in [-0.1, -0.05) is 31.7 Å². The van der Waals surface area contributed by atoms with Crippen molar-refractivity contribution in [3.05, 3.63) is 35.4 Å². The summed E-state index contributed by atoms with van der Waals surface area (Å²) < 4.78 is 0. The van der Waals surface area contributed by atoms with Gasteiger partial charge in [0, 0.05) is 23.7 Å². The van der Waals surface area contributed by atoms with Crippen LogP contribution in [0.25, 0.3) is 0 Å². The van der Waals surface area contributed by atoms with E-state index in [1.807, 2.05) is 6.92 Å². The van der Waals surface area contributed by atoms with Crippen molar-refractivity contribution in [1.29, 1.82) is 0 Å². The van der Waals surface area contributed by atoms with Crippen LogP contribution in [0.4, 0.5) is 0 Å². The first-order chi connectivity index (χ1) is 10.2. The van der Waals surface area contributed by atoms with Crippen LogP contribution in [0, 0.1) is 0 Å². The van der Waals surface area contributed by atoms with Gasteiger partial charge in [0.15, 0.2) is 0 Å². The van der Waals surface area contributed by atoms with E-state index in [0.717, 1.165) is 12.8 Å². The first-order valence-corrected chi connectivity index (χ1v) is 7.90. The zero-order chi connectivity index (χ0) is 15.1. The lowest BCUT2D eigenvalue weighted by Gasteiger charge is -2.16. The number of nitrogens with one attached hydrogen (secondary N) is 2. The number of rotatable bonds is 4. The summed E-state index contributed by atoms with van der Waals surface area (Å²) in [5, 5.41) is 5.85. The normalized spacial score (nSPS) is 16.0. The Hall–Kier alpha value is -1.84. The molecule has 0 aromatic heterocycles. The van der Waals surface area contributed by atoms with Gasteiger partial charge in [-0.2, -0.15) is 0 Å². The monoisotopic (exact) mass is 288 g/mol. The Morgan fingerprint density at radius 2 is 1.67 bits per heavy atom. The van der Waals surface area contributed by atoms with E-state index in [2.05, 4.69) is 10.6 Å². The van der Waals surface area contributed by atoms with Crippen LogP contribution in [0.15, 0.2) is 24.3 Å². The molecule has 1 aromatic rings. The van der Waals surface area contributed by atoms with Crippen LogP contribution in [0.1, 0.15) is 66.2 Å². The van der Waals surface area contributed by atoms with Gasteiger partial charge in [-0.3, -0.25) is 9.59 Å². The highest BCUT2D eigenvalue weighted by molar-refractivity contribution is 5.99. The third-order valence-electron chi connectivity index (χ3n) is 3.91. The van der Waals surface area contributed by atoms with Gasteiger partial charge in [0.2, 0.25) is 0 Å². The average Bonchev–Trinajstić information content (AvgIpc) is 2.76. The summed E-state index contributed by atoms with van der Waals surface area (Å²) >= 11 is 0. The predicted octanol–water partition coefficient (Wildman–Crippen LogP) is 2.89. The van der Waals surface area contributed by atoms with Crippen molar-refractivity contribution in [3.63, 3.8) is 0 Å². The highest BCUT2D eigenvalue weighted by Gasteiger charge is 2.16. The Balaban J connectivity index is 2.01. The Bertz CT molecular complexity index is 491. The van der Waals surface area contributed by atoms with Crippen LogP contribution in [-0.2, 0) is 0 Å². The first-order valence-electron chi connectivity index (χ1n) is 7.90. The Morgan fingerprint density at radius 3 is 2.29 bits per heavy atom. The molecule has 21 heavy (non-hydrogen) atoms. The fourth-order valence-corrected chi connectivity index (χ4v) is 2.76. The summed E-state index contributed by atoms with van der Waals surface area (Å²) in [6.45, 7) is 2.46. The molecule has 0 atom stereocenters. The predicted molar refractivity (Wildman–Crippen MR) is 83.4 cm³/mol. The maximum absolute atomic E-state index is 12.3. The number of benzene rings is 1. The molecule has 0 bridgehead atoms. The van der Waals surface area contributed by atoms with E-state index in [9.17, 15) is 9.59 Å². The minimum Gasteiger partial charge on any atom is -0.352 e. The van der Waals surface area contributed by atoms with E-state index in [4.69, 9.17) is 0 Å². The van der Waals surface area contributed by atoms with Crippen molar-refractivity contribution >= 4 is 11.8 Å². The molecular weight excluding hydrogens is 264 g/mol. The SMILES string of the molecule is CCNC(=O)c1cccc(C(=O)NC2CCCCCC2)c1. The number of carbonyl (C=O) groups excluding carboxylic acids is 2. The van der Waals surface area contributed by atoms with Crippen LogP contribution in [0.2, 0.25) is 0 Å². The van der Waals surface area contributed by atoms with Gasteiger partial charge in [0.05, 0.1) is 0 Å². The molecule has 1 aromatic carbocycles. The van der Waals surface area contributed by atoms with Crippen molar-refractivity contribution in [2.75, 3.05) is 6.54 Å². The lowest BCUT2D eigenvalue weighted by atomic mass is 10.1. The lowest BCUT2D eigenvalue weighted by Crippen LogP contribution is -2.34. The minimum absolute atomic E-state index is 0.0759. The topological polar surface area (TPSA) is 58.2 Å². The molecule has 4 nitrogen and oxygen atoms in total. The van der Waals surface area contributed by atoms with Crippen molar-refractivity contribution in [2.24, 2.45) is 0 Å². The molecule has 2 N–H and O–H groups in total. The van der Waals surface area contributed by atoms with Crippen LogP contribution < -0.4 is 10.6 Å². The number of amides is 2. The molecule has 0 saturated heterocycles. The summed E-state index contributed by atoms with van der Waals surface area (Å²) in [5.74, 6) is -0.213. The van der Waals surface area contributed by atoms with Crippen LogP contribution in [0.5, 0.6) is 0 Å². The number of hydrogen-bond donors (Lipinski definition) is 2. The fourth-order valence-electron chi connectivity index (χ4n) is 2.76. The van der Waals surface area contributed by atoms with Gasteiger partial charge >= 0.3 is 0 Å². The van der Waals surface area contributed by atoms with Crippen LogP contribution >= 0.6 is 0 Å². The van der Waals surface area contributed by atoms with E-state index in [-0.39, 0.29) is 17.9 Å². The standard InChI is InChI=1S/C17H24N2O2/c1-2-18-16(20)13-8-7-9-14(12-13)17(21)19-15-10-5-3-4-6-11-15/h7-9,12,15H,2-6,10-11H2,1H3,(H,18,20)(H,19,21). The molecule has 1 saturated carbocycles. The summed E-state index contributed by atoms with van der Waals surface area (Å²) in [6.07, 6.45) is 7.01. The molecule has 4 heteroatoms. The Labute approximate surface area is 126 Å². The largest absolute Gasteiger partial charge is 0.352 e. The van der Waals surface area contributed by atoms with Crippen molar-refractivity contribution in [1.82, 2.24) is 10.6 Å². The van der Waals surface area contributed by atoms with E-state index in [1.54, 1.807) is 24.3 Å². The highest BCUT2D eigenvalue weighted by Crippen LogP contribution is 2.17. The average molecular weight is 288 g/mol. The van der Waals surface area contributed by atoms with E-state index >= 15 is 0 Å². The molecule has 0 unspecified atom stereocenters. The summed E-state index contributed by atoms with van der Waals surface area (Å²) in [7, 11) is 0. The molecule has 1 aliphatic rings. The molecule has 114 valence electrons. The Kier molecular flexibility index (Phi) is 5.78. The second-order valence-corrected chi connectivity index (χ2v) is 5.60. The fraction of sp³-hybridized carbons (Fsp3) is 0.529. The lowest BCUT2D eigenvalue weighted by molar-refractivity contribution is 0.0933. The maximum atomic E-state index is 12.3. The second kappa shape index (κ2) is 7.81. The van der Waals surface area contributed by atoms with Gasteiger partial charge in [-0.25, -0.2) is 0 Å². The number of hydrogen-bond acceptors (Lipinski definition) is 2. The highest BCUT2D eigenvalue weighted by atomic mass is 16.2. The molecule has 1 fully saturated rings. The number of carbonyl (C=O) groups is 2. The molecule has 0 aliphatic heterocycles. The molecule has 0 spiro atoms. The summed E-state index contributed by atoms with van der Waals surface area (Å²) in [4.78, 5) is 24.1. The first kappa shape index (κ1) is 15.5.